The van der Waals surface area contributed by atoms with Crippen molar-refractivity contribution in [1.82, 2.24) is 14.2 Å². The van der Waals surface area contributed by atoms with Crippen molar-refractivity contribution in [2.75, 3.05) is 47.3 Å². The third kappa shape index (κ3) is 8.45. The van der Waals surface area contributed by atoms with Crippen LogP contribution in [-0.2, 0) is 28.9 Å². The number of aryl methyl sites for hydroxylation is 1. The summed E-state index contributed by atoms with van der Waals surface area (Å²) in [7, 11) is 7.68. The van der Waals surface area contributed by atoms with Crippen LogP contribution in [0.25, 0.3) is 0 Å². The number of hydrogen-bond acceptors (Lipinski definition) is 10. The van der Waals surface area contributed by atoms with Gasteiger partial charge in [-0.05, 0) is 85.3 Å². The summed E-state index contributed by atoms with van der Waals surface area (Å²) in [5, 5.41) is 2.71. The molecule has 2 unspecified atom stereocenters. The van der Waals surface area contributed by atoms with E-state index in [1.165, 1.54) is 36.6 Å². The second-order valence-electron chi connectivity index (χ2n) is 13.2. The van der Waals surface area contributed by atoms with E-state index in [1.807, 2.05) is 78.9 Å². The Labute approximate surface area is 330 Å². The van der Waals surface area contributed by atoms with E-state index in [2.05, 4.69) is 10.3 Å². The van der Waals surface area contributed by atoms with Gasteiger partial charge in [0.2, 0.25) is 0 Å². The van der Waals surface area contributed by atoms with Crippen LogP contribution in [0, 0.1) is 6.92 Å². The summed E-state index contributed by atoms with van der Waals surface area (Å²) in [5.41, 5.74) is 1.24. The molecule has 56 heavy (non-hydrogen) atoms. The van der Waals surface area contributed by atoms with Crippen LogP contribution in [0.1, 0.15) is 38.8 Å². The number of amides is 1. The number of rotatable bonds is 15. The molecular formula is C41H44ClN4O9P. The number of benzene rings is 4. The normalized spacial score (nSPS) is 19.4. The Kier molecular flexibility index (Phi) is 12.8. The molecule has 1 fully saturated rings. The van der Waals surface area contributed by atoms with Gasteiger partial charge in [0, 0.05) is 24.4 Å². The third-order valence-corrected chi connectivity index (χ3v) is 12.2. The van der Waals surface area contributed by atoms with E-state index in [4.69, 9.17) is 39.4 Å². The predicted molar refractivity (Wildman–Crippen MR) is 213 cm³/mol. The fraction of sp³-hybridized carbons (Fsp3) is 0.293. The minimum absolute atomic E-state index is 0.0873. The number of methoxy groups -OCH3 is 3. The zero-order valence-corrected chi connectivity index (χ0v) is 33.5. The summed E-state index contributed by atoms with van der Waals surface area (Å²) in [6.07, 6.45) is -2.75. The highest BCUT2D eigenvalue weighted by atomic mass is 35.7. The summed E-state index contributed by atoms with van der Waals surface area (Å²) >= 11 is 6.51. The van der Waals surface area contributed by atoms with Crippen LogP contribution in [0.4, 0.5) is 5.82 Å². The Morgan fingerprint density at radius 2 is 1.39 bits per heavy atom. The van der Waals surface area contributed by atoms with E-state index < -0.39 is 48.6 Å². The molecule has 0 bridgehead atoms. The van der Waals surface area contributed by atoms with Crippen molar-refractivity contribution in [2.24, 2.45) is 0 Å². The molecule has 0 spiro atoms. The predicted octanol–water partition coefficient (Wildman–Crippen LogP) is 7.04. The van der Waals surface area contributed by atoms with Crippen molar-refractivity contribution in [1.29, 1.82) is 0 Å². The Morgan fingerprint density at radius 1 is 0.857 bits per heavy atom. The molecule has 5 atom stereocenters. The molecule has 0 saturated carbocycles. The molecule has 15 heteroatoms. The maximum absolute atomic E-state index is 13.7. The molecule has 4 aromatic carbocycles. The van der Waals surface area contributed by atoms with Crippen molar-refractivity contribution in [3.63, 3.8) is 0 Å². The molecule has 1 saturated heterocycles. The SMILES string of the molecule is COc1ccc(C(OC[C@H]2O[C@@H](n3cc(C)c(NC(=O)c4ccccc4)nc3=O)[C@@H](OC)C2OP(=O)(Cl)N(C)C)(c2ccccc2)c2ccc(OC)cc2)cc1. The standard InChI is InChI=1S/C41H44ClN4O9P/c1-27-25-46(40(48)44-37(27)43-38(47)28-13-9-7-10-14-28)39-36(52-6)35(55-56(42,49)45(2)3)34(54-39)26-53-41(29-15-11-8-12-16-29,30-17-21-32(50-4)22-18-30)31-19-23-33(51-5)24-20-31/h7-25,34-36,39H,26H2,1-6H3,(H,43,44,47,48)/t34-,35?,36+,39-,56?/m1/s1. The lowest BCUT2D eigenvalue weighted by Crippen LogP contribution is -2.41. The van der Waals surface area contributed by atoms with Gasteiger partial charge in [0.15, 0.2) is 6.23 Å². The number of carbonyl (C=O) groups excluding carboxylic acids is 1. The van der Waals surface area contributed by atoms with Gasteiger partial charge >= 0.3 is 12.6 Å². The van der Waals surface area contributed by atoms with Gasteiger partial charge < -0.3 is 29.0 Å². The summed E-state index contributed by atoms with van der Waals surface area (Å²) in [5.74, 6) is 0.980. The Morgan fingerprint density at radius 3 is 1.91 bits per heavy atom. The van der Waals surface area contributed by atoms with Crippen LogP contribution >= 0.6 is 18.1 Å². The molecule has 0 aliphatic carbocycles. The highest BCUT2D eigenvalue weighted by Crippen LogP contribution is 2.57. The van der Waals surface area contributed by atoms with E-state index >= 15 is 0 Å². The molecule has 5 aromatic rings. The van der Waals surface area contributed by atoms with E-state index in [9.17, 15) is 14.2 Å². The minimum atomic E-state index is -3.94. The Balaban J connectivity index is 1.42. The number of halogens is 1. The highest BCUT2D eigenvalue weighted by molar-refractivity contribution is 7.83. The molecule has 1 aromatic heterocycles. The Hall–Kier alpha value is -4.85. The molecule has 0 radical (unpaired) electrons. The first-order valence-corrected chi connectivity index (χ1v) is 20.2. The molecule has 6 rings (SSSR count). The summed E-state index contributed by atoms with van der Waals surface area (Å²) in [6.45, 7) is -2.40. The molecule has 13 nitrogen and oxygen atoms in total. The van der Waals surface area contributed by atoms with Crippen molar-refractivity contribution in [3.8, 4) is 11.5 Å². The van der Waals surface area contributed by atoms with Crippen LogP contribution in [0.15, 0.2) is 120 Å². The summed E-state index contributed by atoms with van der Waals surface area (Å²) < 4.78 is 53.0. The molecule has 1 aliphatic rings. The second-order valence-corrected chi connectivity index (χ2v) is 16.4. The van der Waals surface area contributed by atoms with Crippen LogP contribution in [-0.4, -0.2) is 80.5 Å². The average Bonchev–Trinajstić information content (AvgIpc) is 3.56. The molecule has 1 amide bonds. The van der Waals surface area contributed by atoms with Crippen LogP contribution in [0.3, 0.4) is 0 Å². The summed E-state index contributed by atoms with van der Waals surface area (Å²) in [6, 6.07) is 33.4. The van der Waals surface area contributed by atoms with Crippen molar-refractivity contribution in [3.05, 3.63) is 154 Å². The number of hydrogen-bond donors (Lipinski definition) is 1. The van der Waals surface area contributed by atoms with E-state index in [0.717, 1.165) is 16.7 Å². The number of nitrogens with one attached hydrogen (secondary N) is 1. The van der Waals surface area contributed by atoms with Crippen LogP contribution in [0.5, 0.6) is 11.5 Å². The van der Waals surface area contributed by atoms with Gasteiger partial charge in [-0.25, -0.2) is 9.46 Å². The fourth-order valence-corrected chi connectivity index (χ4v) is 7.64. The number of nitrogens with zero attached hydrogens (tertiary/aromatic N) is 3. The number of carbonyl (C=O) groups is 1. The lowest BCUT2D eigenvalue weighted by molar-refractivity contribution is -0.0953. The first kappa shape index (κ1) is 40.8. The summed E-state index contributed by atoms with van der Waals surface area (Å²) in [4.78, 5) is 30.8. The smallest absolute Gasteiger partial charge is 0.363 e. The molecular weight excluding hydrogens is 759 g/mol. The largest absolute Gasteiger partial charge is 0.497 e. The van der Waals surface area contributed by atoms with Gasteiger partial charge in [-0.3, -0.25) is 18.5 Å². The van der Waals surface area contributed by atoms with Crippen molar-refractivity contribution >= 4 is 29.8 Å². The number of anilines is 1. The molecule has 1 aliphatic heterocycles. The molecule has 294 valence electrons. The second kappa shape index (κ2) is 17.5. The van der Waals surface area contributed by atoms with Crippen molar-refractivity contribution in [2.45, 2.75) is 37.1 Å². The number of ether oxygens (including phenoxy) is 5. The highest BCUT2D eigenvalue weighted by Gasteiger charge is 2.52. The quantitative estimate of drug-likeness (QED) is 0.0862. The van der Waals surface area contributed by atoms with Gasteiger partial charge in [0.25, 0.3) is 5.91 Å². The van der Waals surface area contributed by atoms with Gasteiger partial charge in [-0.15, -0.1) is 0 Å². The van der Waals surface area contributed by atoms with Gasteiger partial charge in [0.1, 0.15) is 41.2 Å². The van der Waals surface area contributed by atoms with Crippen LogP contribution < -0.4 is 20.5 Å². The third-order valence-electron chi connectivity index (χ3n) is 9.60. The maximum Gasteiger partial charge on any atom is 0.363 e. The van der Waals surface area contributed by atoms with E-state index in [-0.39, 0.29) is 12.4 Å². The molecule has 1 N–H and O–H groups in total. The lowest BCUT2D eigenvalue weighted by Gasteiger charge is -2.37. The minimum Gasteiger partial charge on any atom is -0.497 e. The van der Waals surface area contributed by atoms with E-state index in [1.54, 1.807) is 51.5 Å². The zero-order valence-electron chi connectivity index (χ0n) is 31.8. The van der Waals surface area contributed by atoms with Crippen molar-refractivity contribution < 1.29 is 37.6 Å². The van der Waals surface area contributed by atoms with Gasteiger partial charge in [0.05, 0.1) is 20.8 Å². The first-order valence-electron chi connectivity index (χ1n) is 17.7. The van der Waals surface area contributed by atoms with Gasteiger partial charge in [-0.2, -0.15) is 4.98 Å². The monoisotopic (exact) mass is 802 g/mol. The average molecular weight is 803 g/mol. The maximum atomic E-state index is 13.7. The Bertz CT molecular complexity index is 2160. The lowest BCUT2D eigenvalue weighted by atomic mass is 9.80. The first-order chi connectivity index (χ1) is 26.9. The van der Waals surface area contributed by atoms with E-state index in [0.29, 0.717) is 22.6 Å². The topological polar surface area (TPSA) is 140 Å². The zero-order chi connectivity index (χ0) is 40.0. The fourth-order valence-electron chi connectivity index (χ4n) is 6.61. The van der Waals surface area contributed by atoms with Gasteiger partial charge in [-0.1, -0.05) is 72.8 Å². The molecule has 2 heterocycles. The van der Waals surface area contributed by atoms with Crippen LogP contribution in [0.2, 0.25) is 0 Å². The number of aromatic nitrogens is 2.